The van der Waals surface area contributed by atoms with Crippen molar-refractivity contribution < 1.29 is 0 Å². The minimum atomic E-state index is 1.22. The summed E-state index contributed by atoms with van der Waals surface area (Å²) in [6.07, 6.45) is 0. The number of rotatable bonds is 2. The summed E-state index contributed by atoms with van der Waals surface area (Å²) < 4.78 is 3.58. The third-order valence-corrected chi connectivity index (χ3v) is 1.19. The van der Waals surface area contributed by atoms with Crippen LogP contribution in [-0.2, 0) is 0 Å². The molecule has 0 aromatic heterocycles. The Morgan fingerprint density at radius 3 is 2.67 bits per heavy atom. The van der Waals surface area contributed by atoms with Crippen LogP contribution in [0, 0.1) is 5.41 Å². The molecule has 2 nitrogen and oxygen atoms in total. The average Bonchev–Trinajstić information content (AvgIpc) is 1.61. The highest BCUT2D eigenvalue weighted by Gasteiger charge is 1.61. The monoisotopic (exact) mass is 214 g/mol. The minimum absolute atomic E-state index is 1.22. The van der Waals surface area contributed by atoms with Crippen molar-refractivity contribution in [1.29, 1.82) is 5.41 Å². The van der Waals surface area contributed by atoms with E-state index in [9.17, 15) is 0 Å². The molecule has 4 heteroatoms. The van der Waals surface area contributed by atoms with Crippen LogP contribution in [0.25, 0.3) is 0 Å². The van der Waals surface area contributed by atoms with Gasteiger partial charge in [-0.1, -0.05) is 11.8 Å². The predicted molar refractivity (Wildman–Crippen MR) is 38.9 cm³/mol. The van der Waals surface area contributed by atoms with Gasteiger partial charge in [-0.25, -0.2) is 3.21 Å². The molecule has 0 aliphatic rings. The van der Waals surface area contributed by atoms with Gasteiger partial charge in [-0.2, -0.15) is 0 Å². The van der Waals surface area contributed by atoms with Gasteiger partial charge in [0.2, 0.25) is 0 Å². The van der Waals surface area contributed by atoms with E-state index in [1.807, 2.05) is 22.9 Å². The quantitative estimate of drug-likeness (QED) is 0.424. The van der Waals surface area contributed by atoms with Gasteiger partial charge in [0.1, 0.15) is 0 Å². The molecule has 0 heterocycles. The average molecular weight is 214 g/mol. The fraction of sp³-hybridized carbons (Fsp3) is 0. The molecule has 0 saturated carbocycles. The molecule has 0 atom stereocenters. The van der Waals surface area contributed by atoms with Gasteiger partial charge in [0, 0.05) is 0 Å². The first kappa shape index (κ1) is 6.42. The Hall–Kier alpha value is 0.420. The molecule has 0 bridgehead atoms. The summed E-state index contributed by atoms with van der Waals surface area (Å²) in [5, 5.41) is 6.45. The van der Waals surface area contributed by atoms with E-state index >= 15 is 0 Å². The van der Waals surface area contributed by atoms with Crippen LogP contribution in [0.4, 0.5) is 0 Å². The smallest absolute Gasteiger partial charge is 0.0837 e. The Kier molecular flexibility index (Phi) is 5.80. The molecule has 6 heavy (non-hydrogen) atoms. The number of hydrogen-bond donors (Lipinski definition) is 1. The lowest BCUT2D eigenvalue weighted by molar-refractivity contribution is 1.60. The summed E-state index contributed by atoms with van der Waals surface area (Å²) in [5.41, 5.74) is 2.82. The van der Waals surface area contributed by atoms with Gasteiger partial charge in [0.25, 0.3) is 0 Å². The maximum absolute atomic E-state index is 6.45. The lowest BCUT2D eigenvalue weighted by Crippen LogP contribution is -1.54. The third kappa shape index (κ3) is 4.42. The second kappa shape index (κ2) is 5.42. The highest BCUT2D eigenvalue weighted by molar-refractivity contribution is 14.1. The van der Waals surface area contributed by atoms with E-state index in [0.29, 0.717) is 0 Å². The Morgan fingerprint density at radius 2 is 2.50 bits per heavy atom. The number of nitrogens with zero attached hydrogens (tertiary/aromatic N) is 1. The van der Waals surface area contributed by atoms with Crippen molar-refractivity contribution in [3.8, 4) is 0 Å². The van der Waals surface area contributed by atoms with Crippen molar-refractivity contribution in [2.75, 3.05) is 0 Å². The van der Waals surface area contributed by atoms with Crippen molar-refractivity contribution in [1.82, 2.24) is 0 Å². The van der Waals surface area contributed by atoms with Crippen LogP contribution in [0.3, 0.4) is 0 Å². The largest absolute Gasteiger partial charge is 0.302 e. The number of hydrogen-bond acceptors (Lipinski definition) is 3. The summed E-state index contributed by atoms with van der Waals surface area (Å²) in [6, 6.07) is 0. The predicted octanol–water partition coefficient (Wildman–Crippen LogP) is 1.70. The topological polar surface area (TPSA) is 36.2 Å². The molecule has 0 unspecified atom stereocenters. The maximum atomic E-state index is 6.45. The third-order valence-electron chi connectivity index (χ3n) is 0.169. The van der Waals surface area contributed by atoms with E-state index in [0.717, 1.165) is 0 Å². The van der Waals surface area contributed by atoms with Crippen LogP contribution >= 0.6 is 34.6 Å². The molecule has 0 aromatic rings. The first-order valence-electron chi connectivity index (χ1n) is 1.19. The fourth-order valence-electron chi connectivity index (χ4n) is 0.0534. The molecule has 0 spiro atoms. The van der Waals surface area contributed by atoms with Gasteiger partial charge >= 0.3 is 0 Å². The van der Waals surface area contributed by atoms with E-state index in [1.54, 1.807) is 5.55 Å². The van der Waals surface area contributed by atoms with Crippen molar-refractivity contribution in [2.24, 2.45) is 3.21 Å². The van der Waals surface area contributed by atoms with Crippen molar-refractivity contribution in [3.05, 3.63) is 0 Å². The van der Waals surface area contributed by atoms with E-state index in [4.69, 9.17) is 5.41 Å². The molecular formula is C2H3IN2S. The number of halogens is 1. The Bertz CT molecular complexity index is 62.6. The SMILES string of the molecule is N=CS/C=N\I. The van der Waals surface area contributed by atoms with Crippen LogP contribution in [0.2, 0.25) is 0 Å². The first-order chi connectivity index (χ1) is 2.91. The van der Waals surface area contributed by atoms with Gasteiger partial charge in [-0.3, -0.25) is 0 Å². The van der Waals surface area contributed by atoms with Crippen molar-refractivity contribution >= 4 is 45.7 Å². The second-order valence-electron chi connectivity index (χ2n) is 0.457. The van der Waals surface area contributed by atoms with Gasteiger partial charge in [0.05, 0.1) is 34.0 Å². The number of thioether (sulfide) groups is 1. The van der Waals surface area contributed by atoms with Crippen LogP contribution in [0.15, 0.2) is 3.21 Å². The highest BCUT2D eigenvalue weighted by Crippen LogP contribution is 1.88. The molecular weight excluding hydrogens is 211 g/mol. The summed E-state index contributed by atoms with van der Waals surface area (Å²) in [4.78, 5) is 0. The lowest BCUT2D eigenvalue weighted by Gasteiger charge is -1.66. The fourth-order valence-corrected chi connectivity index (χ4v) is 0.554. The zero-order valence-electron chi connectivity index (χ0n) is 2.89. The zero-order chi connectivity index (χ0) is 4.83. The van der Waals surface area contributed by atoms with Crippen molar-refractivity contribution in [2.45, 2.75) is 0 Å². The van der Waals surface area contributed by atoms with Crippen LogP contribution < -0.4 is 0 Å². The van der Waals surface area contributed by atoms with E-state index < -0.39 is 0 Å². The molecule has 0 aromatic carbocycles. The summed E-state index contributed by atoms with van der Waals surface area (Å²) in [7, 11) is 0. The molecule has 0 fully saturated rings. The van der Waals surface area contributed by atoms with Crippen molar-refractivity contribution in [3.63, 3.8) is 0 Å². The molecule has 0 rings (SSSR count). The van der Waals surface area contributed by atoms with Crippen LogP contribution in [0.5, 0.6) is 0 Å². The first-order valence-corrected chi connectivity index (χ1v) is 3.09. The Balaban J connectivity index is 2.85. The van der Waals surface area contributed by atoms with Gasteiger partial charge in [0.15, 0.2) is 0 Å². The standard InChI is InChI=1S/C2H3IN2S/c3-5-2-6-1-4/h1-2,4H/b4-1?,5-2-. The molecule has 34 valence electrons. The van der Waals surface area contributed by atoms with Gasteiger partial charge in [-0.05, 0) is 0 Å². The van der Waals surface area contributed by atoms with Gasteiger partial charge < -0.3 is 5.41 Å². The summed E-state index contributed by atoms with van der Waals surface area (Å²) in [6.45, 7) is 0. The maximum Gasteiger partial charge on any atom is 0.0837 e. The van der Waals surface area contributed by atoms with Gasteiger partial charge in [-0.15, -0.1) is 0 Å². The molecule has 0 aliphatic carbocycles. The molecule has 0 amide bonds. The van der Waals surface area contributed by atoms with Crippen LogP contribution in [0.1, 0.15) is 0 Å². The zero-order valence-corrected chi connectivity index (χ0v) is 5.86. The highest BCUT2D eigenvalue weighted by atomic mass is 127. The minimum Gasteiger partial charge on any atom is -0.302 e. The Morgan fingerprint density at radius 1 is 1.83 bits per heavy atom. The number of nitrogens with one attached hydrogen (secondary N) is 1. The van der Waals surface area contributed by atoms with E-state index in [1.165, 1.54) is 17.3 Å². The Labute approximate surface area is 54.4 Å². The molecule has 1 N–H and O–H groups in total. The molecule has 0 aliphatic heterocycles. The summed E-state index contributed by atoms with van der Waals surface area (Å²) in [5.74, 6) is 0. The molecule has 0 radical (unpaired) electrons. The summed E-state index contributed by atoms with van der Waals surface area (Å²) >= 11 is 3.11. The second-order valence-corrected chi connectivity index (χ2v) is 1.73. The lowest BCUT2D eigenvalue weighted by atomic mass is 11.7. The van der Waals surface area contributed by atoms with E-state index in [-0.39, 0.29) is 0 Å². The van der Waals surface area contributed by atoms with Crippen LogP contribution in [-0.4, -0.2) is 11.1 Å². The molecule has 0 saturated heterocycles. The normalized spacial score (nSPS) is 9.50. The van der Waals surface area contributed by atoms with E-state index in [2.05, 4.69) is 3.21 Å².